The molecule has 0 aliphatic rings. The van der Waals surface area contributed by atoms with Crippen LogP contribution in [0.5, 0.6) is 0 Å². The van der Waals surface area contributed by atoms with E-state index in [1.54, 1.807) is 0 Å². The van der Waals surface area contributed by atoms with Crippen molar-refractivity contribution in [2.45, 2.75) is 19.4 Å². The molecule has 0 aliphatic heterocycles. The Bertz CT molecular complexity index is 735. The highest BCUT2D eigenvalue weighted by Gasteiger charge is 2.13. The van der Waals surface area contributed by atoms with E-state index < -0.39 is 0 Å². The van der Waals surface area contributed by atoms with E-state index in [2.05, 4.69) is 82.8 Å². The standard InChI is InChI=1S/C18H18BrNS/c1-2-20-16(17-9-10-18(19)21-17)12-13-7-8-14-5-3-4-6-15(14)11-13/h3-11,16,20H,2,12H2,1H3. The van der Waals surface area contributed by atoms with Gasteiger partial charge < -0.3 is 5.32 Å². The van der Waals surface area contributed by atoms with Gasteiger partial charge in [-0.3, -0.25) is 0 Å². The Morgan fingerprint density at radius 1 is 1.05 bits per heavy atom. The molecule has 0 fully saturated rings. The van der Waals surface area contributed by atoms with Gasteiger partial charge in [-0.2, -0.15) is 0 Å². The SMILES string of the molecule is CCNC(Cc1ccc2ccccc2c1)c1ccc(Br)s1. The third kappa shape index (κ3) is 3.54. The monoisotopic (exact) mass is 359 g/mol. The van der Waals surface area contributed by atoms with Gasteiger partial charge in [-0.25, -0.2) is 0 Å². The molecular weight excluding hydrogens is 342 g/mol. The molecule has 0 spiro atoms. The fourth-order valence-corrected chi connectivity index (χ4v) is 4.14. The number of fused-ring (bicyclic) bond motifs is 1. The first-order chi connectivity index (χ1) is 10.3. The van der Waals surface area contributed by atoms with E-state index in [1.807, 2.05) is 11.3 Å². The van der Waals surface area contributed by atoms with Crippen LogP contribution in [-0.2, 0) is 6.42 Å². The Morgan fingerprint density at radius 2 is 1.86 bits per heavy atom. The summed E-state index contributed by atoms with van der Waals surface area (Å²) in [4.78, 5) is 1.39. The van der Waals surface area contributed by atoms with Gasteiger partial charge in [0, 0.05) is 10.9 Å². The van der Waals surface area contributed by atoms with Crippen LogP contribution in [0.4, 0.5) is 0 Å². The molecule has 1 heterocycles. The summed E-state index contributed by atoms with van der Waals surface area (Å²) in [5.41, 5.74) is 1.38. The van der Waals surface area contributed by atoms with Crippen molar-refractivity contribution in [1.82, 2.24) is 5.32 Å². The van der Waals surface area contributed by atoms with Crippen molar-refractivity contribution in [3.05, 3.63) is 68.8 Å². The molecule has 0 aliphatic carbocycles. The fraction of sp³-hybridized carbons (Fsp3) is 0.222. The minimum atomic E-state index is 0.382. The van der Waals surface area contributed by atoms with Gasteiger partial charge in [0.25, 0.3) is 0 Å². The first-order valence-corrected chi connectivity index (χ1v) is 8.83. The van der Waals surface area contributed by atoms with Crippen molar-refractivity contribution < 1.29 is 0 Å². The largest absolute Gasteiger partial charge is 0.309 e. The molecule has 1 unspecified atom stereocenters. The van der Waals surface area contributed by atoms with Crippen LogP contribution in [0, 0.1) is 0 Å². The lowest BCUT2D eigenvalue weighted by atomic mass is 10.0. The van der Waals surface area contributed by atoms with Gasteiger partial charge in [0.2, 0.25) is 0 Å². The molecule has 108 valence electrons. The molecule has 0 bridgehead atoms. The van der Waals surface area contributed by atoms with Crippen molar-refractivity contribution in [1.29, 1.82) is 0 Å². The Hall–Kier alpha value is -1.16. The molecule has 0 saturated heterocycles. The summed E-state index contributed by atoms with van der Waals surface area (Å²) < 4.78 is 1.19. The molecule has 1 aromatic heterocycles. The third-order valence-corrected chi connectivity index (χ3v) is 5.38. The molecule has 0 saturated carbocycles. The number of thiophene rings is 1. The van der Waals surface area contributed by atoms with Crippen molar-refractivity contribution in [2.24, 2.45) is 0 Å². The van der Waals surface area contributed by atoms with E-state index in [0.29, 0.717) is 6.04 Å². The number of rotatable bonds is 5. The molecule has 3 aromatic rings. The smallest absolute Gasteiger partial charge is 0.0701 e. The lowest BCUT2D eigenvalue weighted by molar-refractivity contribution is 0.558. The van der Waals surface area contributed by atoms with Crippen LogP contribution in [0.25, 0.3) is 10.8 Å². The van der Waals surface area contributed by atoms with Crippen molar-refractivity contribution in [3.63, 3.8) is 0 Å². The number of nitrogens with one attached hydrogen (secondary N) is 1. The summed E-state index contributed by atoms with van der Waals surface area (Å²) in [5, 5.41) is 6.22. The lowest BCUT2D eigenvalue weighted by Crippen LogP contribution is -2.22. The van der Waals surface area contributed by atoms with E-state index in [-0.39, 0.29) is 0 Å². The summed E-state index contributed by atoms with van der Waals surface area (Å²) in [6, 6.07) is 20.0. The lowest BCUT2D eigenvalue weighted by Gasteiger charge is -2.17. The predicted molar refractivity (Wildman–Crippen MR) is 96.1 cm³/mol. The van der Waals surface area contributed by atoms with E-state index in [0.717, 1.165) is 13.0 Å². The maximum absolute atomic E-state index is 3.60. The topological polar surface area (TPSA) is 12.0 Å². The highest BCUT2D eigenvalue weighted by atomic mass is 79.9. The zero-order chi connectivity index (χ0) is 14.7. The summed E-state index contributed by atoms with van der Waals surface area (Å²) in [7, 11) is 0. The Balaban J connectivity index is 1.86. The normalized spacial score (nSPS) is 12.7. The van der Waals surface area contributed by atoms with E-state index in [1.165, 1.54) is 25.0 Å². The highest BCUT2D eigenvalue weighted by molar-refractivity contribution is 9.11. The fourth-order valence-electron chi connectivity index (χ4n) is 2.64. The first kappa shape index (κ1) is 14.8. The quantitative estimate of drug-likeness (QED) is 0.628. The van der Waals surface area contributed by atoms with Crippen LogP contribution >= 0.6 is 27.3 Å². The van der Waals surface area contributed by atoms with Crippen molar-refractivity contribution in [3.8, 4) is 0 Å². The van der Waals surface area contributed by atoms with Gasteiger partial charge in [0.05, 0.1) is 3.79 Å². The molecule has 21 heavy (non-hydrogen) atoms. The second-order valence-corrected chi connectivity index (χ2v) is 7.63. The molecule has 3 rings (SSSR count). The van der Waals surface area contributed by atoms with E-state index in [9.17, 15) is 0 Å². The maximum atomic E-state index is 3.60. The summed E-state index contributed by atoms with van der Waals surface area (Å²) in [6.07, 6.45) is 1.02. The number of hydrogen-bond acceptors (Lipinski definition) is 2. The molecule has 0 amide bonds. The van der Waals surface area contributed by atoms with E-state index >= 15 is 0 Å². The molecule has 1 N–H and O–H groups in total. The number of likely N-dealkylation sites (N-methyl/N-ethyl adjacent to an activating group) is 1. The van der Waals surface area contributed by atoms with Crippen molar-refractivity contribution in [2.75, 3.05) is 6.54 Å². The van der Waals surface area contributed by atoms with Gasteiger partial charge in [-0.1, -0.05) is 49.4 Å². The first-order valence-electron chi connectivity index (χ1n) is 7.22. The molecule has 1 atom stereocenters. The maximum Gasteiger partial charge on any atom is 0.0701 e. The van der Waals surface area contributed by atoms with Gasteiger partial charge in [-0.15, -0.1) is 11.3 Å². The molecular formula is C18H18BrNS. The van der Waals surface area contributed by atoms with Crippen LogP contribution in [-0.4, -0.2) is 6.54 Å². The zero-order valence-electron chi connectivity index (χ0n) is 12.0. The highest BCUT2D eigenvalue weighted by Crippen LogP contribution is 2.30. The Morgan fingerprint density at radius 3 is 2.57 bits per heavy atom. The second kappa shape index (κ2) is 6.73. The van der Waals surface area contributed by atoms with Crippen LogP contribution in [0.3, 0.4) is 0 Å². The molecule has 0 radical (unpaired) electrons. The predicted octanol–water partition coefficient (Wildman–Crippen LogP) is 5.56. The molecule has 3 heteroatoms. The average molecular weight is 360 g/mol. The Labute approximate surface area is 138 Å². The van der Waals surface area contributed by atoms with Gasteiger partial charge in [0.1, 0.15) is 0 Å². The van der Waals surface area contributed by atoms with Crippen molar-refractivity contribution >= 4 is 38.0 Å². The second-order valence-electron chi connectivity index (χ2n) is 5.14. The summed E-state index contributed by atoms with van der Waals surface area (Å²) >= 11 is 5.37. The van der Waals surface area contributed by atoms with E-state index in [4.69, 9.17) is 0 Å². The zero-order valence-corrected chi connectivity index (χ0v) is 14.4. The van der Waals surface area contributed by atoms with Gasteiger partial charge in [-0.05, 0) is 57.4 Å². The summed E-state index contributed by atoms with van der Waals surface area (Å²) in [5.74, 6) is 0. The minimum absolute atomic E-state index is 0.382. The number of hydrogen-bond donors (Lipinski definition) is 1. The van der Waals surface area contributed by atoms with Crippen LogP contribution in [0.15, 0.2) is 58.4 Å². The molecule has 2 aromatic carbocycles. The van der Waals surface area contributed by atoms with Crippen LogP contribution in [0.2, 0.25) is 0 Å². The minimum Gasteiger partial charge on any atom is -0.309 e. The van der Waals surface area contributed by atoms with Crippen LogP contribution < -0.4 is 5.32 Å². The van der Waals surface area contributed by atoms with Gasteiger partial charge >= 0.3 is 0 Å². The summed E-state index contributed by atoms with van der Waals surface area (Å²) in [6.45, 7) is 3.14. The number of halogens is 1. The molecule has 1 nitrogen and oxygen atoms in total. The van der Waals surface area contributed by atoms with Crippen LogP contribution in [0.1, 0.15) is 23.4 Å². The number of benzene rings is 2. The third-order valence-electron chi connectivity index (χ3n) is 3.64. The average Bonchev–Trinajstić information content (AvgIpc) is 2.93. The van der Waals surface area contributed by atoms with Gasteiger partial charge in [0.15, 0.2) is 0 Å². The Kier molecular flexibility index (Phi) is 4.73.